The largest absolute Gasteiger partial charge is 0.370 e. The summed E-state index contributed by atoms with van der Waals surface area (Å²) in [5.41, 5.74) is 22.1. The molecular formula is C26H49N11O7. The van der Waals surface area contributed by atoms with Crippen LogP contribution in [-0.2, 0) is 33.5 Å². The molecule has 0 radical (unpaired) electrons. The van der Waals surface area contributed by atoms with Crippen LogP contribution in [0.5, 0.6) is 0 Å². The van der Waals surface area contributed by atoms with Crippen LogP contribution in [0.2, 0.25) is 0 Å². The summed E-state index contributed by atoms with van der Waals surface area (Å²) in [6.45, 7) is -0.251. The molecule has 0 saturated carbocycles. The van der Waals surface area contributed by atoms with E-state index in [2.05, 4.69) is 31.6 Å². The summed E-state index contributed by atoms with van der Waals surface area (Å²) in [5.74, 6) is -3.64. The van der Waals surface area contributed by atoms with Crippen molar-refractivity contribution in [1.82, 2.24) is 31.5 Å². The summed E-state index contributed by atoms with van der Waals surface area (Å²) in [6, 6.07) is -2.95. The molecule has 250 valence electrons. The van der Waals surface area contributed by atoms with E-state index in [1.54, 1.807) is 0 Å². The zero-order valence-corrected chi connectivity index (χ0v) is 25.4. The maximum absolute atomic E-state index is 13.3. The average molecular weight is 628 g/mol. The first-order valence-electron chi connectivity index (χ1n) is 14.7. The molecule has 0 spiro atoms. The van der Waals surface area contributed by atoms with E-state index in [4.69, 9.17) is 27.7 Å². The van der Waals surface area contributed by atoms with Crippen LogP contribution in [0, 0.1) is 0 Å². The zero-order valence-electron chi connectivity index (χ0n) is 25.4. The summed E-state index contributed by atoms with van der Waals surface area (Å²) < 4.78 is 5.45. The summed E-state index contributed by atoms with van der Waals surface area (Å²) in [4.78, 5) is 81.3. The van der Waals surface area contributed by atoms with Crippen LogP contribution in [0.4, 0.5) is 0 Å². The molecule has 0 bridgehead atoms. The summed E-state index contributed by atoms with van der Waals surface area (Å²) in [7, 11) is 1.46. The van der Waals surface area contributed by atoms with Gasteiger partial charge in [-0.25, -0.2) is 4.99 Å². The van der Waals surface area contributed by atoms with Crippen molar-refractivity contribution in [2.24, 2.45) is 27.9 Å². The lowest BCUT2D eigenvalue weighted by atomic mass is 10.1. The fourth-order valence-electron chi connectivity index (χ4n) is 4.06. The first-order chi connectivity index (χ1) is 21.0. The van der Waals surface area contributed by atoms with Crippen molar-refractivity contribution in [3.63, 3.8) is 0 Å². The number of aliphatic imine (C=N–C) groups is 1. The van der Waals surface area contributed by atoms with Gasteiger partial charge < -0.3 is 59.2 Å². The average Bonchev–Trinajstić information content (AvgIpc) is 2.98. The normalized spacial score (nSPS) is 22.6. The van der Waals surface area contributed by atoms with Crippen molar-refractivity contribution < 1.29 is 33.5 Å². The molecule has 3 atom stereocenters. The molecule has 1 aliphatic heterocycles. The number of nitrogens with two attached hydrogens (primary N) is 4. The molecule has 0 aromatic heterocycles. The van der Waals surface area contributed by atoms with Gasteiger partial charge in [-0.1, -0.05) is 0 Å². The summed E-state index contributed by atoms with van der Waals surface area (Å²) in [5, 5.41) is 12.8. The zero-order chi connectivity index (χ0) is 32.9. The number of unbranched alkanes of at least 4 members (excludes halogenated alkanes) is 2. The molecule has 1 saturated heterocycles. The Balaban J connectivity index is 3.12. The third kappa shape index (κ3) is 16.0. The maximum atomic E-state index is 13.3. The van der Waals surface area contributed by atoms with Crippen LogP contribution in [-0.4, -0.2) is 118 Å². The van der Waals surface area contributed by atoms with Crippen molar-refractivity contribution >= 4 is 41.4 Å². The molecule has 44 heavy (non-hydrogen) atoms. The summed E-state index contributed by atoms with van der Waals surface area (Å²) in [6.07, 6.45) is 2.88. The smallest absolute Gasteiger partial charge is 0.245 e. The molecular weight excluding hydrogens is 578 g/mol. The SMILES string of the molecule is CN1CCC(=O)N[C@@H](CCCCN)C(=O)N[C@@H](CCCCN)C(=O)NCOCC[C@@H](N=C(N)N)C(=O)NCC(=O)NCC1=O. The monoisotopic (exact) mass is 627 g/mol. The van der Waals surface area contributed by atoms with Gasteiger partial charge in [-0.3, -0.25) is 28.8 Å². The number of hydrogen-bond donors (Lipinski definition) is 9. The number of nitrogens with zero attached hydrogens (tertiary/aromatic N) is 2. The van der Waals surface area contributed by atoms with Crippen molar-refractivity contribution in [2.75, 3.05) is 53.1 Å². The van der Waals surface area contributed by atoms with Gasteiger partial charge in [0.1, 0.15) is 24.9 Å². The van der Waals surface area contributed by atoms with E-state index >= 15 is 0 Å². The number of carbonyl (C=O) groups is 6. The first kappa shape index (κ1) is 38.0. The highest BCUT2D eigenvalue weighted by Crippen LogP contribution is 2.06. The van der Waals surface area contributed by atoms with E-state index in [-0.39, 0.29) is 45.2 Å². The van der Waals surface area contributed by atoms with Crippen LogP contribution in [0.1, 0.15) is 51.4 Å². The van der Waals surface area contributed by atoms with Crippen molar-refractivity contribution in [2.45, 2.75) is 69.5 Å². The van der Waals surface area contributed by atoms with Gasteiger partial charge in [-0.2, -0.15) is 0 Å². The highest BCUT2D eigenvalue weighted by atomic mass is 16.5. The highest BCUT2D eigenvalue weighted by Gasteiger charge is 2.27. The number of carbonyl (C=O) groups excluding carboxylic acids is 6. The quantitative estimate of drug-likeness (QED) is 0.0666. The van der Waals surface area contributed by atoms with E-state index in [1.165, 1.54) is 11.9 Å². The number of amides is 6. The van der Waals surface area contributed by atoms with Crippen molar-refractivity contribution in [1.29, 1.82) is 0 Å². The minimum Gasteiger partial charge on any atom is -0.370 e. The van der Waals surface area contributed by atoms with Gasteiger partial charge in [0.05, 0.1) is 19.7 Å². The molecule has 0 aliphatic carbocycles. The fourth-order valence-corrected chi connectivity index (χ4v) is 4.06. The molecule has 1 heterocycles. The molecule has 13 N–H and O–H groups in total. The minimum absolute atomic E-state index is 0.0126. The van der Waals surface area contributed by atoms with Crippen LogP contribution in [0.25, 0.3) is 0 Å². The lowest BCUT2D eigenvalue weighted by molar-refractivity contribution is -0.134. The van der Waals surface area contributed by atoms with E-state index in [0.717, 1.165) is 0 Å². The Labute approximate surface area is 257 Å². The summed E-state index contributed by atoms with van der Waals surface area (Å²) >= 11 is 0. The molecule has 0 unspecified atom stereocenters. The fraction of sp³-hybridized carbons (Fsp3) is 0.731. The van der Waals surface area contributed by atoms with Gasteiger partial charge in [-0.05, 0) is 51.6 Å². The molecule has 18 nitrogen and oxygen atoms in total. The molecule has 1 rings (SSSR count). The minimum atomic E-state index is -1.08. The van der Waals surface area contributed by atoms with E-state index in [1.807, 2.05) is 0 Å². The third-order valence-corrected chi connectivity index (χ3v) is 6.63. The Morgan fingerprint density at radius 3 is 2.07 bits per heavy atom. The third-order valence-electron chi connectivity index (χ3n) is 6.63. The lowest BCUT2D eigenvalue weighted by Crippen LogP contribution is -2.54. The van der Waals surface area contributed by atoms with Crippen molar-refractivity contribution in [3.8, 4) is 0 Å². The lowest BCUT2D eigenvalue weighted by Gasteiger charge is -2.24. The number of hydrogen-bond acceptors (Lipinski definition) is 10. The van der Waals surface area contributed by atoms with Gasteiger partial charge in [0.2, 0.25) is 35.4 Å². The number of likely N-dealkylation sites (N-methyl/N-ethyl adjacent to an activating group) is 1. The van der Waals surface area contributed by atoms with Gasteiger partial charge in [-0.15, -0.1) is 0 Å². The second kappa shape index (κ2) is 21.6. The number of guanidine groups is 1. The van der Waals surface area contributed by atoms with Gasteiger partial charge >= 0.3 is 0 Å². The highest BCUT2D eigenvalue weighted by molar-refractivity contribution is 5.93. The van der Waals surface area contributed by atoms with E-state index < -0.39 is 60.1 Å². The van der Waals surface area contributed by atoms with Crippen LogP contribution in [0.3, 0.4) is 0 Å². The Hall–Kier alpha value is -4.03. The molecule has 1 fully saturated rings. The first-order valence-corrected chi connectivity index (χ1v) is 14.7. The van der Waals surface area contributed by atoms with E-state index in [0.29, 0.717) is 51.6 Å². The molecule has 18 heteroatoms. The van der Waals surface area contributed by atoms with Crippen molar-refractivity contribution in [3.05, 3.63) is 0 Å². The Morgan fingerprint density at radius 2 is 1.45 bits per heavy atom. The van der Waals surface area contributed by atoms with Gasteiger partial charge in [0, 0.05) is 26.4 Å². The Bertz CT molecular complexity index is 991. The molecule has 1 aliphatic rings. The predicted octanol–water partition coefficient (Wildman–Crippen LogP) is -4.57. The number of ether oxygens (including phenoxy) is 1. The van der Waals surface area contributed by atoms with Gasteiger partial charge in [0.15, 0.2) is 5.96 Å². The van der Waals surface area contributed by atoms with Crippen LogP contribution >= 0.6 is 0 Å². The number of nitrogens with one attached hydrogen (secondary N) is 5. The molecule has 6 amide bonds. The van der Waals surface area contributed by atoms with Gasteiger partial charge in [0.25, 0.3) is 0 Å². The standard InChI is InChI=1S/C26H49N11O7/c1-37-12-8-20(38)34-18(7-3-5-11-28)25(43)35-17(6-2-4-10-27)24(42)33-16-44-13-9-19(36-26(29)30)23(41)32-14-21(39)31-15-22(37)40/h17-19H,2-16,27-28H2,1H3,(H,31,39)(H,32,41)(H,33,42)(H,34,38)(H,35,43)(H4,29,30,36)/t17-,18-,19+/m0/s1. The topological polar surface area (TPSA) is 291 Å². The molecule has 0 aromatic carbocycles. The number of rotatable bonds is 9. The predicted molar refractivity (Wildman–Crippen MR) is 161 cm³/mol. The maximum Gasteiger partial charge on any atom is 0.245 e. The van der Waals surface area contributed by atoms with E-state index in [9.17, 15) is 28.8 Å². The Morgan fingerprint density at radius 1 is 0.818 bits per heavy atom. The Kier molecular flexibility index (Phi) is 18.7. The molecule has 0 aromatic rings. The second-order valence-corrected chi connectivity index (χ2v) is 10.3. The second-order valence-electron chi connectivity index (χ2n) is 10.3. The van der Waals surface area contributed by atoms with Crippen LogP contribution < -0.4 is 49.5 Å². The van der Waals surface area contributed by atoms with Crippen LogP contribution in [0.15, 0.2) is 4.99 Å².